The van der Waals surface area contributed by atoms with E-state index in [1.807, 2.05) is 37.4 Å². The molecule has 0 aliphatic rings. The third kappa shape index (κ3) is 4.05. The van der Waals surface area contributed by atoms with E-state index in [-0.39, 0.29) is 6.42 Å². The molecular weight excluding hydrogens is 344 g/mol. The van der Waals surface area contributed by atoms with Gasteiger partial charge < -0.3 is 19.7 Å². The van der Waals surface area contributed by atoms with E-state index in [1.165, 1.54) is 0 Å². The maximum absolute atomic E-state index is 11.9. The number of carboxylic acid groups (broad SMARTS) is 1. The zero-order valence-corrected chi connectivity index (χ0v) is 15.9. The number of carbonyl (C=O) groups is 2. The Labute approximate surface area is 157 Å². The number of aliphatic carboxylic acids is 1. The minimum Gasteiger partial charge on any atom is -0.480 e. The van der Waals surface area contributed by atoms with E-state index in [2.05, 4.69) is 22.0 Å². The van der Waals surface area contributed by atoms with Gasteiger partial charge in [-0.1, -0.05) is 30.3 Å². The van der Waals surface area contributed by atoms with Crippen molar-refractivity contribution in [3.63, 3.8) is 0 Å². The Bertz CT molecular complexity index is 1010. The Hall–Kier alpha value is -3.02. The molecule has 0 aliphatic heterocycles. The van der Waals surface area contributed by atoms with E-state index in [4.69, 9.17) is 4.74 Å². The number of ether oxygens (including phenoxy) is 1. The highest BCUT2D eigenvalue weighted by Crippen LogP contribution is 2.28. The lowest BCUT2D eigenvalue weighted by molar-refractivity contribution is -0.139. The molecule has 6 nitrogen and oxygen atoms in total. The van der Waals surface area contributed by atoms with Gasteiger partial charge in [0.2, 0.25) is 0 Å². The van der Waals surface area contributed by atoms with Crippen LogP contribution in [0.1, 0.15) is 26.3 Å². The number of carboxylic acids is 1. The van der Waals surface area contributed by atoms with Crippen LogP contribution in [-0.2, 0) is 23.0 Å². The minimum absolute atomic E-state index is 0.173. The van der Waals surface area contributed by atoms with Gasteiger partial charge in [0.05, 0.1) is 0 Å². The van der Waals surface area contributed by atoms with E-state index >= 15 is 0 Å². The van der Waals surface area contributed by atoms with Crippen LogP contribution in [0.25, 0.3) is 21.8 Å². The first-order valence-electron chi connectivity index (χ1n) is 8.84. The monoisotopic (exact) mass is 368 g/mol. The molecule has 0 radical (unpaired) electrons. The van der Waals surface area contributed by atoms with E-state index in [0.29, 0.717) is 0 Å². The van der Waals surface area contributed by atoms with Gasteiger partial charge in [0.1, 0.15) is 11.6 Å². The second-order valence-corrected chi connectivity index (χ2v) is 7.67. The molecule has 0 fully saturated rings. The van der Waals surface area contributed by atoms with Crippen LogP contribution in [0.3, 0.4) is 0 Å². The van der Waals surface area contributed by atoms with Gasteiger partial charge >= 0.3 is 12.1 Å². The fraction of sp³-hybridized carbons (Fsp3) is 0.333. The van der Waals surface area contributed by atoms with Crippen molar-refractivity contribution in [3.05, 3.63) is 48.0 Å². The molecule has 0 saturated heterocycles. The van der Waals surface area contributed by atoms with Gasteiger partial charge in [-0.25, -0.2) is 9.59 Å². The average molecular weight is 368 g/mol. The van der Waals surface area contributed by atoms with Crippen molar-refractivity contribution >= 4 is 33.9 Å². The number of aromatic nitrogens is 1. The van der Waals surface area contributed by atoms with Crippen LogP contribution in [0.5, 0.6) is 0 Å². The summed E-state index contributed by atoms with van der Waals surface area (Å²) in [6.45, 7) is 5.20. The maximum Gasteiger partial charge on any atom is 0.408 e. The molecule has 1 amide bonds. The smallest absolute Gasteiger partial charge is 0.408 e. The molecular formula is C21H24N2O4. The van der Waals surface area contributed by atoms with Crippen molar-refractivity contribution in [2.24, 2.45) is 7.05 Å². The molecule has 3 rings (SSSR count). The lowest BCUT2D eigenvalue weighted by atomic mass is 10.0. The Morgan fingerprint density at radius 1 is 1.11 bits per heavy atom. The van der Waals surface area contributed by atoms with Crippen LogP contribution in [0, 0.1) is 0 Å². The van der Waals surface area contributed by atoms with Crippen LogP contribution in [0.4, 0.5) is 4.79 Å². The van der Waals surface area contributed by atoms with Crippen molar-refractivity contribution in [2.45, 2.75) is 38.8 Å². The number of hydrogen-bond acceptors (Lipinski definition) is 3. The van der Waals surface area contributed by atoms with Crippen molar-refractivity contribution in [1.29, 1.82) is 0 Å². The standard InChI is InChI=1S/C21H24N2O4/c1-21(2,3)27-20(26)22-16(19(24)25)11-13-9-10-15-14-7-5-6-8-17(14)23(4)18(15)12-13/h5-10,12,16H,11H2,1-4H3,(H,22,26)(H,24,25). The molecule has 1 heterocycles. The second-order valence-electron chi connectivity index (χ2n) is 7.67. The summed E-state index contributed by atoms with van der Waals surface area (Å²) in [4.78, 5) is 23.5. The normalized spacial score (nSPS) is 12.9. The first-order valence-corrected chi connectivity index (χ1v) is 8.84. The number of amides is 1. The summed E-state index contributed by atoms with van der Waals surface area (Å²) in [5.41, 5.74) is 2.29. The highest BCUT2D eigenvalue weighted by atomic mass is 16.6. The van der Waals surface area contributed by atoms with Crippen molar-refractivity contribution in [3.8, 4) is 0 Å². The second kappa shape index (κ2) is 6.95. The van der Waals surface area contributed by atoms with Crippen LogP contribution in [0.15, 0.2) is 42.5 Å². The molecule has 2 aromatic carbocycles. The van der Waals surface area contributed by atoms with Gasteiger partial charge in [-0.3, -0.25) is 0 Å². The number of alkyl carbamates (subject to hydrolysis) is 1. The van der Waals surface area contributed by atoms with E-state index in [0.717, 1.165) is 27.4 Å². The van der Waals surface area contributed by atoms with Gasteiger partial charge in [0, 0.05) is 35.3 Å². The Morgan fingerprint density at radius 2 is 1.78 bits per heavy atom. The molecule has 2 N–H and O–H groups in total. The van der Waals surface area contributed by atoms with Crippen LogP contribution >= 0.6 is 0 Å². The molecule has 0 spiro atoms. The topological polar surface area (TPSA) is 80.6 Å². The van der Waals surface area contributed by atoms with Gasteiger partial charge in [-0.15, -0.1) is 0 Å². The summed E-state index contributed by atoms with van der Waals surface area (Å²) in [6.07, 6.45) is -0.563. The summed E-state index contributed by atoms with van der Waals surface area (Å²) in [5, 5.41) is 14.2. The molecule has 3 aromatic rings. The number of benzene rings is 2. The first-order chi connectivity index (χ1) is 12.7. The van der Waals surface area contributed by atoms with E-state index in [1.54, 1.807) is 20.8 Å². The summed E-state index contributed by atoms with van der Waals surface area (Å²) in [5.74, 6) is -1.10. The highest BCUT2D eigenvalue weighted by molar-refractivity contribution is 6.08. The van der Waals surface area contributed by atoms with Crippen LogP contribution in [0.2, 0.25) is 0 Å². The summed E-state index contributed by atoms with van der Waals surface area (Å²) >= 11 is 0. The highest BCUT2D eigenvalue weighted by Gasteiger charge is 2.24. The van der Waals surface area contributed by atoms with Crippen molar-refractivity contribution in [1.82, 2.24) is 9.88 Å². The molecule has 0 saturated carbocycles. The number of rotatable bonds is 4. The Morgan fingerprint density at radius 3 is 2.44 bits per heavy atom. The number of hydrogen-bond donors (Lipinski definition) is 2. The van der Waals surface area contributed by atoms with Crippen molar-refractivity contribution < 1.29 is 19.4 Å². The zero-order chi connectivity index (χ0) is 19.8. The zero-order valence-electron chi connectivity index (χ0n) is 15.9. The van der Waals surface area contributed by atoms with Gasteiger partial charge in [-0.2, -0.15) is 0 Å². The van der Waals surface area contributed by atoms with Gasteiger partial charge in [-0.05, 0) is 38.5 Å². The molecule has 0 bridgehead atoms. The lowest BCUT2D eigenvalue weighted by Crippen LogP contribution is -2.44. The Kier molecular flexibility index (Phi) is 4.83. The molecule has 1 atom stereocenters. The number of carbonyl (C=O) groups excluding carboxylic acids is 1. The van der Waals surface area contributed by atoms with Crippen molar-refractivity contribution in [2.75, 3.05) is 0 Å². The van der Waals surface area contributed by atoms with Crippen LogP contribution in [-0.4, -0.2) is 33.4 Å². The summed E-state index contributed by atoms with van der Waals surface area (Å²) in [6, 6.07) is 12.9. The van der Waals surface area contributed by atoms with E-state index < -0.39 is 23.7 Å². The number of para-hydroxylation sites is 1. The van der Waals surface area contributed by atoms with E-state index in [9.17, 15) is 14.7 Å². The van der Waals surface area contributed by atoms with Crippen LogP contribution < -0.4 is 5.32 Å². The maximum atomic E-state index is 11.9. The minimum atomic E-state index is -1.10. The predicted octanol–water partition coefficient (Wildman–Crippen LogP) is 3.85. The quantitative estimate of drug-likeness (QED) is 0.733. The lowest BCUT2D eigenvalue weighted by Gasteiger charge is -2.22. The number of nitrogens with zero attached hydrogens (tertiary/aromatic N) is 1. The number of aryl methyl sites for hydroxylation is 1. The third-order valence-electron chi connectivity index (χ3n) is 4.41. The molecule has 1 unspecified atom stereocenters. The average Bonchev–Trinajstić information content (AvgIpc) is 2.85. The SMILES string of the molecule is Cn1c2ccccc2c2ccc(CC(NC(=O)OC(C)(C)C)C(=O)O)cc21. The fourth-order valence-electron chi connectivity index (χ4n) is 3.22. The Balaban J connectivity index is 1.87. The first kappa shape index (κ1) is 18.8. The van der Waals surface area contributed by atoms with Gasteiger partial charge in [0.15, 0.2) is 0 Å². The molecule has 27 heavy (non-hydrogen) atoms. The molecule has 6 heteroatoms. The van der Waals surface area contributed by atoms with Gasteiger partial charge in [0.25, 0.3) is 0 Å². The number of nitrogens with one attached hydrogen (secondary N) is 1. The predicted molar refractivity (Wildman–Crippen MR) is 105 cm³/mol. The summed E-state index contributed by atoms with van der Waals surface area (Å²) < 4.78 is 7.26. The largest absolute Gasteiger partial charge is 0.480 e. The molecule has 1 aromatic heterocycles. The molecule has 142 valence electrons. The number of fused-ring (bicyclic) bond motifs is 3. The third-order valence-corrected chi connectivity index (χ3v) is 4.41. The molecule has 0 aliphatic carbocycles. The fourth-order valence-corrected chi connectivity index (χ4v) is 3.22. The summed E-state index contributed by atoms with van der Waals surface area (Å²) in [7, 11) is 1.99.